The summed E-state index contributed by atoms with van der Waals surface area (Å²) in [6.07, 6.45) is 8.91. The molecule has 0 amide bonds. The molecule has 0 fully saturated rings. The van der Waals surface area contributed by atoms with Crippen LogP contribution in [0.5, 0.6) is 11.5 Å². The van der Waals surface area contributed by atoms with Gasteiger partial charge in [0.05, 0.1) is 0 Å². The minimum Gasteiger partial charge on any atom is -0.456 e. The van der Waals surface area contributed by atoms with Crippen molar-refractivity contribution in [3.63, 3.8) is 0 Å². The molecule has 0 bridgehead atoms. The molecular formula is C46H30O. The van der Waals surface area contributed by atoms with Crippen molar-refractivity contribution < 1.29 is 4.74 Å². The van der Waals surface area contributed by atoms with E-state index < -0.39 is 0 Å². The molecule has 0 radical (unpaired) electrons. The Balaban J connectivity index is 1.29. The van der Waals surface area contributed by atoms with E-state index in [1.165, 1.54) is 82.0 Å². The first-order chi connectivity index (χ1) is 23.3. The maximum Gasteiger partial charge on any atom is 0.135 e. The third-order valence-corrected chi connectivity index (χ3v) is 10.2. The first-order valence-electron chi connectivity index (χ1n) is 16.5. The fourth-order valence-corrected chi connectivity index (χ4v) is 8.13. The minimum atomic E-state index is 0.912. The number of hydrogen-bond donors (Lipinski definition) is 0. The molecule has 8 aromatic rings. The predicted octanol–water partition coefficient (Wildman–Crippen LogP) is 13.1. The SMILES string of the molecule is C1=CCCC(c2ccc(-c3c4ccccc4c(-c4ccc5c6c(cccc46)-c4ccccc4O5)c4ccccc34)c3ccccc23)=C1. The van der Waals surface area contributed by atoms with E-state index in [1.807, 2.05) is 6.07 Å². The summed E-state index contributed by atoms with van der Waals surface area (Å²) in [5.74, 6) is 1.83. The highest BCUT2D eigenvalue weighted by Gasteiger charge is 2.24. The van der Waals surface area contributed by atoms with E-state index in [9.17, 15) is 0 Å². The van der Waals surface area contributed by atoms with Crippen molar-refractivity contribution >= 4 is 48.7 Å². The van der Waals surface area contributed by atoms with Gasteiger partial charge >= 0.3 is 0 Å². The van der Waals surface area contributed by atoms with Gasteiger partial charge in [0.1, 0.15) is 11.5 Å². The highest BCUT2D eigenvalue weighted by atomic mass is 16.5. The summed E-state index contributed by atoms with van der Waals surface area (Å²) in [5, 5.41) is 10.0. The fraction of sp³-hybridized carbons (Fsp3) is 0.0435. The molecule has 1 heteroatoms. The zero-order valence-electron chi connectivity index (χ0n) is 25.8. The largest absolute Gasteiger partial charge is 0.456 e. The lowest BCUT2D eigenvalue weighted by Gasteiger charge is -2.24. The van der Waals surface area contributed by atoms with E-state index in [0.717, 1.165) is 29.9 Å². The number of fused-ring (bicyclic) bond motifs is 5. The minimum absolute atomic E-state index is 0.912. The topological polar surface area (TPSA) is 9.23 Å². The molecule has 47 heavy (non-hydrogen) atoms. The quantitative estimate of drug-likeness (QED) is 0.184. The van der Waals surface area contributed by atoms with Crippen molar-refractivity contribution in [2.24, 2.45) is 0 Å². The second-order valence-corrected chi connectivity index (χ2v) is 12.6. The molecule has 2 aliphatic rings. The van der Waals surface area contributed by atoms with Crippen LogP contribution < -0.4 is 4.74 Å². The molecule has 0 saturated carbocycles. The van der Waals surface area contributed by atoms with Crippen LogP contribution in [0.25, 0.3) is 82.0 Å². The second kappa shape index (κ2) is 10.3. The lowest BCUT2D eigenvalue weighted by Crippen LogP contribution is -1.98. The summed E-state index contributed by atoms with van der Waals surface area (Å²) in [6, 6.07) is 51.1. The monoisotopic (exact) mass is 598 g/mol. The van der Waals surface area contributed by atoms with Crippen molar-refractivity contribution in [2.75, 3.05) is 0 Å². The normalized spacial score (nSPS) is 13.6. The number of ether oxygens (including phenoxy) is 1. The Morgan fingerprint density at radius 2 is 0.915 bits per heavy atom. The van der Waals surface area contributed by atoms with E-state index in [-0.39, 0.29) is 0 Å². The zero-order chi connectivity index (χ0) is 30.9. The van der Waals surface area contributed by atoms with E-state index >= 15 is 0 Å². The van der Waals surface area contributed by atoms with Gasteiger partial charge in [-0.15, -0.1) is 0 Å². The summed E-state index contributed by atoms with van der Waals surface area (Å²) in [7, 11) is 0. The van der Waals surface area contributed by atoms with Crippen molar-refractivity contribution in [1.82, 2.24) is 0 Å². The zero-order valence-corrected chi connectivity index (χ0v) is 25.8. The molecule has 1 aliphatic heterocycles. The van der Waals surface area contributed by atoms with Crippen molar-refractivity contribution in [2.45, 2.75) is 12.8 Å². The summed E-state index contributed by atoms with van der Waals surface area (Å²) in [6.45, 7) is 0. The number of hydrogen-bond acceptors (Lipinski definition) is 1. The van der Waals surface area contributed by atoms with Crippen LogP contribution in [0.3, 0.4) is 0 Å². The Morgan fingerprint density at radius 1 is 0.383 bits per heavy atom. The smallest absolute Gasteiger partial charge is 0.135 e. The average Bonchev–Trinajstić information content (AvgIpc) is 3.14. The molecule has 1 heterocycles. The molecule has 8 aromatic carbocycles. The Kier molecular flexibility index (Phi) is 5.77. The first-order valence-corrected chi connectivity index (χ1v) is 16.5. The van der Waals surface area contributed by atoms with Gasteiger partial charge in [-0.3, -0.25) is 0 Å². The number of benzene rings is 8. The third-order valence-electron chi connectivity index (χ3n) is 10.2. The molecule has 220 valence electrons. The van der Waals surface area contributed by atoms with E-state index in [0.29, 0.717) is 0 Å². The lowest BCUT2D eigenvalue weighted by atomic mass is 9.82. The van der Waals surface area contributed by atoms with Crippen LogP contribution in [0, 0.1) is 0 Å². The van der Waals surface area contributed by atoms with Gasteiger partial charge in [0.15, 0.2) is 0 Å². The van der Waals surface area contributed by atoms with Crippen LogP contribution in [0.1, 0.15) is 18.4 Å². The van der Waals surface area contributed by atoms with Crippen LogP contribution in [0.2, 0.25) is 0 Å². The van der Waals surface area contributed by atoms with Gasteiger partial charge < -0.3 is 4.74 Å². The maximum absolute atomic E-state index is 6.48. The van der Waals surface area contributed by atoms with Gasteiger partial charge in [-0.05, 0) is 108 Å². The van der Waals surface area contributed by atoms with Gasteiger partial charge in [0, 0.05) is 10.9 Å². The third kappa shape index (κ3) is 3.90. The standard InChI is InChI=1S/C46H30O/c1-2-13-29(14-3-1)30-25-26-40(32-16-5-4-15-31(30)32)44-35-18-6-8-20-37(35)45(38-21-9-7-19-36(38)44)41-27-28-43-46-34(22-12-23-39(41)46)33-17-10-11-24-42(33)47-43/h1-2,4-13,15-28H,3,14H2. The van der Waals surface area contributed by atoms with Gasteiger partial charge in [-0.2, -0.15) is 0 Å². The van der Waals surface area contributed by atoms with Gasteiger partial charge in [-0.1, -0.05) is 140 Å². The molecule has 0 aromatic heterocycles. The molecule has 0 unspecified atom stereocenters. The van der Waals surface area contributed by atoms with Crippen molar-refractivity contribution in [1.29, 1.82) is 0 Å². The number of para-hydroxylation sites is 1. The molecule has 1 nitrogen and oxygen atoms in total. The Labute approximate surface area is 273 Å². The van der Waals surface area contributed by atoms with E-state index in [1.54, 1.807) is 0 Å². The molecule has 0 spiro atoms. The second-order valence-electron chi connectivity index (χ2n) is 12.6. The number of allylic oxidation sites excluding steroid dienone is 4. The molecule has 10 rings (SSSR count). The predicted molar refractivity (Wildman–Crippen MR) is 199 cm³/mol. The molecule has 1 aliphatic carbocycles. The van der Waals surface area contributed by atoms with Gasteiger partial charge in [-0.25, -0.2) is 0 Å². The lowest BCUT2D eigenvalue weighted by molar-refractivity contribution is 0.487. The fourth-order valence-electron chi connectivity index (χ4n) is 8.13. The van der Waals surface area contributed by atoms with E-state index in [4.69, 9.17) is 4.74 Å². The van der Waals surface area contributed by atoms with Crippen molar-refractivity contribution in [3.05, 3.63) is 163 Å². The average molecular weight is 599 g/mol. The Hall–Kier alpha value is -5.92. The summed E-state index contributed by atoms with van der Waals surface area (Å²) in [5.41, 5.74) is 10.2. The van der Waals surface area contributed by atoms with Crippen LogP contribution in [-0.4, -0.2) is 0 Å². The van der Waals surface area contributed by atoms with Crippen LogP contribution in [-0.2, 0) is 0 Å². The van der Waals surface area contributed by atoms with Crippen LogP contribution in [0.4, 0.5) is 0 Å². The Morgan fingerprint density at radius 3 is 1.60 bits per heavy atom. The molecular weight excluding hydrogens is 569 g/mol. The first kappa shape index (κ1) is 26.3. The van der Waals surface area contributed by atoms with E-state index in [2.05, 4.69) is 152 Å². The van der Waals surface area contributed by atoms with Crippen LogP contribution >= 0.6 is 0 Å². The summed E-state index contributed by atoms with van der Waals surface area (Å²) < 4.78 is 6.48. The highest BCUT2D eigenvalue weighted by molar-refractivity contribution is 6.26. The molecule has 0 N–H and O–H groups in total. The maximum atomic E-state index is 6.48. The van der Waals surface area contributed by atoms with Crippen LogP contribution in [0.15, 0.2) is 158 Å². The molecule has 0 atom stereocenters. The Bertz CT molecular complexity index is 2600. The summed E-state index contributed by atoms with van der Waals surface area (Å²) in [4.78, 5) is 0. The molecule has 0 saturated heterocycles. The summed E-state index contributed by atoms with van der Waals surface area (Å²) >= 11 is 0. The van der Waals surface area contributed by atoms with Gasteiger partial charge in [0.2, 0.25) is 0 Å². The highest BCUT2D eigenvalue weighted by Crippen LogP contribution is 2.51. The van der Waals surface area contributed by atoms with Crippen molar-refractivity contribution in [3.8, 4) is 44.9 Å². The van der Waals surface area contributed by atoms with Gasteiger partial charge in [0.25, 0.3) is 0 Å². The number of rotatable bonds is 3.